The number of benzene rings is 1. The van der Waals surface area contributed by atoms with E-state index in [1.54, 1.807) is 18.2 Å². The van der Waals surface area contributed by atoms with Crippen LogP contribution in [0.25, 0.3) is 0 Å². The highest BCUT2D eigenvalue weighted by Crippen LogP contribution is 2.45. The fourth-order valence-corrected chi connectivity index (χ4v) is 2.51. The van der Waals surface area contributed by atoms with Crippen molar-refractivity contribution < 1.29 is 19.1 Å². The average Bonchev–Trinajstić information content (AvgIpc) is 2.52. The topological polar surface area (TPSA) is 64.6 Å². The first kappa shape index (κ1) is 12.0. The molecule has 0 atom stereocenters. The summed E-state index contributed by atoms with van der Waals surface area (Å²) < 4.78 is 10.4. The number of carbonyl (C=O) groups excluding carboxylic acids is 2. The number of hydrogen-bond acceptors (Lipinski definition) is 4. The number of anilines is 1. The van der Waals surface area contributed by atoms with Gasteiger partial charge in [-0.05, 0) is 31.0 Å². The molecule has 1 N–H and O–H groups in total. The summed E-state index contributed by atoms with van der Waals surface area (Å²) in [6.07, 6.45) is 2.77. The molecular weight excluding hydrogens is 246 g/mol. The number of amides is 1. The van der Waals surface area contributed by atoms with Crippen molar-refractivity contribution in [2.24, 2.45) is 5.41 Å². The molecule has 5 nitrogen and oxygen atoms in total. The standard InChI is InChI=1S/C14H15NO4/c1-18-12(16)9-3-4-11-10(7-9)15-13(17)14(8-19-11)5-2-6-14/h3-4,7H,2,5-6,8H2,1H3,(H,15,17). The van der Waals surface area contributed by atoms with E-state index in [4.69, 9.17) is 4.74 Å². The van der Waals surface area contributed by atoms with Gasteiger partial charge in [0.25, 0.3) is 0 Å². The summed E-state index contributed by atoms with van der Waals surface area (Å²) in [7, 11) is 1.33. The second-order valence-electron chi connectivity index (χ2n) is 5.08. The van der Waals surface area contributed by atoms with Gasteiger partial charge in [-0.15, -0.1) is 0 Å². The van der Waals surface area contributed by atoms with Crippen LogP contribution in [0.3, 0.4) is 0 Å². The van der Waals surface area contributed by atoms with Crippen LogP contribution in [-0.2, 0) is 9.53 Å². The van der Waals surface area contributed by atoms with Crippen LogP contribution in [0, 0.1) is 5.41 Å². The molecule has 1 aliphatic heterocycles. The largest absolute Gasteiger partial charge is 0.490 e. The fraction of sp³-hybridized carbons (Fsp3) is 0.429. The van der Waals surface area contributed by atoms with E-state index in [1.807, 2.05) is 0 Å². The molecule has 19 heavy (non-hydrogen) atoms. The Labute approximate surface area is 110 Å². The predicted octanol–water partition coefficient (Wildman–Crippen LogP) is 1.97. The van der Waals surface area contributed by atoms with Gasteiger partial charge in [-0.3, -0.25) is 4.79 Å². The van der Waals surface area contributed by atoms with E-state index < -0.39 is 5.97 Å². The van der Waals surface area contributed by atoms with E-state index in [-0.39, 0.29) is 11.3 Å². The number of ether oxygens (including phenoxy) is 2. The monoisotopic (exact) mass is 261 g/mol. The molecule has 1 fully saturated rings. The number of methoxy groups -OCH3 is 1. The normalized spacial score (nSPS) is 19.5. The minimum Gasteiger partial charge on any atom is -0.490 e. The van der Waals surface area contributed by atoms with E-state index >= 15 is 0 Å². The molecule has 0 bridgehead atoms. The number of fused-ring (bicyclic) bond motifs is 1. The van der Waals surface area contributed by atoms with Crippen LogP contribution in [0.2, 0.25) is 0 Å². The number of rotatable bonds is 1. The van der Waals surface area contributed by atoms with Gasteiger partial charge in [0, 0.05) is 0 Å². The zero-order valence-electron chi connectivity index (χ0n) is 10.7. The average molecular weight is 261 g/mol. The van der Waals surface area contributed by atoms with E-state index in [9.17, 15) is 9.59 Å². The minimum absolute atomic E-state index is 0.0143. The van der Waals surface area contributed by atoms with E-state index in [1.165, 1.54) is 7.11 Å². The molecule has 1 aromatic rings. The van der Waals surface area contributed by atoms with Crippen LogP contribution in [0.5, 0.6) is 5.75 Å². The summed E-state index contributed by atoms with van der Waals surface area (Å²) in [5.41, 5.74) is 0.552. The lowest BCUT2D eigenvalue weighted by molar-refractivity contribution is -0.132. The predicted molar refractivity (Wildman–Crippen MR) is 68.2 cm³/mol. The number of nitrogens with one attached hydrogen (secondary N) is 1. The van der Waals surface area contributed by atoms with Crippen molar-refractivity contribution in [3.8, 4) is 5.75 Å². The Balaban J connectivity index is 1.92. The Morgan fingerprint density at radius 2 is 2.21 bits per heavy atom. The summed E-state index contributed by atoms with van der Waals surface area (Å²) in [5.74, 6) is 0.156. The SMILES string of the molecule is COC(=O)c1ccc2c(c1)NC(=O)C1(CCC1)CO2. The van der Waals surface area contributed by atoms with Gasteiger partial charge < -0.3 is 14.8 Å². The van der Waals surface area contributed by atoms with Gasteiger partial charge in [-0.2, -0.15) is 0 Å². The van der Waals surface area contributed by atoms with E-state index in [0.717, 1.165) is 19.3 Å². The molecule has 3 rings (SSSR count). The Morgan fingerprint density at radius 1 is 1.42 bits per heavy atom. The molecule has 1 amide bonds. The van der Waals surface area contributed by atoms with Crippen LogP contribution < -0.4 is 10.1 Å². The first-order chi connectivity index (χ1) is 9.14. The minimum atomic E-state index is -0.431. The lowest BCUT2D eigenvalue weighted by Gasteiger charge is -2.37. The van der Waals surface area contributed by atoms with Crippen molar-refractivity contribution >= 4 is 17.6 Å². The van der Waals surface area contributed by atoms with Crippen LogP contribution in [0.15, 0.2) is 18.2 Å². The molecule has 1 saturated carbocycles. The fourth-order valence-electron chi connectivity index (χ4n) is 2.51. The second kappa shape index (κ2) is 4.26. The van der Waals surface area contributed by atoms with Crippen LogP contribution in [-0.4, -0.2) is 25.6 Å². The number of carbonyl (C=O) groups is 2. The molecule has 1 spiro atoms. The number of hydrogen-bond donors (Lipinski definition) is 1. The van der Waals surface area contributed by atoms with Crippen LogP contribution in [0.1, 0.15) is 29.6 Å². The quantitative estimate of drug-likeness (QED) is 0.785. The Bertz CT molecular complexity index is 548. The maximum absolute atomic E-state index is 12.2. The molecule has 1 aliphatic carbocycles. The summed E-state index contributed by atoms with van der Waals surface area (Å²) in [6.45, 7) is 0.406. The van der Waals surface area contributed by atoms with Gasteiger partial charge in [-0.25, -0.2) is 4.79 Å². The first-order valence-corrected chi connectivity index (χ1v) is 6.31. The highest BCUT2D eigenvalue weighted by molar-refractivity contribution is 5.99. The molecule has 2 aliphatic rings. The third-order valence-electron chi connectivity index (χ3n) is 3.95. The van der Waals surface area contributed by atoms with Gasteiger partial charge in [0.05, 0.1) is 23.8 Å². The molecule has 1 heterocycles. The van der Waals surface area contributed by atoms with Gasteiger partial charge in [0.1, 0.15) is 12.4 Å². The highest BCUT2D eigenvalue weighted by Gasteiger charge is 2.46. The lowest BCUT2D eigenvalue weighted by atomic mass is 9.69. The molecule has 100 valence electrons. The van der Waals surface area contributed by atoms with Crippen LogP contribution >= 0.6 is 0 Å². The Kier molecular flexibility index (Phi) is 2.69. The van der Waals surface area contributed by atoms with E-state index in [0.29, 0.717) is 23.6 Å². The van der Waals surface area contributed by atoms with Crippen molar-refractivity contribution in [2.75, 3.05) is 19.0 Å². The summed E-state index contributed by atoms with van der Waals surface area (Å²) in [4.78, 5) is 23.7. The molecule has 1 aromatic carbocycles. The zero-order valence-corrected chi connectivity index (χ0v) is 10.7. The lowest BCUT2D eigenvalue weighted by Crippen LogP contribution is -2.45. The van der Waals surface area contributed by atoms with Gasteiger partial charge in [0.15, 0.2) is 0 Å². The summed E-state index contributed by atoms with van der Waals surface area (Å²) in [5, 5.41) is 2.86. The molecule has 0 radical (unpaired) electrons. The zero-order chi connectivity index (χ0) is 13.5. The summed E-state index contributed by atoms with van der Waals surface area (Å²) in [6, 6.07) is 4.92. The van der Waals surface area contributed by atoms with Gasteiger partial charge >= 0.3 is 5.97 Å². The van der Waals surface area contributed by atoms with Crippen molar-refractivity contribution in [1.82, 2.24) is 0 Å². The maximum Gasteiger partial charge on any atom is 0.337 e. The van der Waals surface area contributed by atoms with E-state index in [2.05, 4.69) is 10.1 Å². The molecule has 0 saturated heterocycles. The Morgan fingerprint density at radius 3 is 2.84 bits per heavy atom. The highest BCUT2D eigenvalue weighted by atomic mass is 16.5. The third-order valence-corrected chi connectivity index (χ3v) is 3.95. The molecule has 0 unspecified atom stereocenters. The van der Waals surface area contributed by atoms with Crippen LogP contribution in [0.4, 0.5) is 5.69 Å². The van der Waals surface area contributed by atoms with Gasteiger partial charge in [0.2, 0.25) is 5.91 Å². The van der Waals surface area contributed by atoms with Crippen molar-refractivity contribution in [2.45, 2.75) is 19.3 Å². The number of esters is 1. The van der Waals surface area contributed by atoms with Crippen molar-refractivity contribution in [3.63, 3.8) is 0 Å². The first-order valence-electron chi connectivity index (χ1n) is 6.31. The van der Waals surface area contributed by atoms with Gasteiger partial charge in [-0.1, -0.05) is 6.42 Å². The van der Waals surface area contributed by atoms with Crippen molar-refractivity contribution in [1.29, 1.82) is 0 Å². The summed E-state index contributed by atoms with van der Waals surface area (Å²) >= 11 is 0. The van der Waals surface area contributed by atoms with Crippen molar-refractivity contribution in [3.05, 3.63) is 23.8 Å². The maximum atomic E-state index is 12.2. The second-order valence-corrected chi connectivity index (χ2v) is 5.08. The molecule has 0 aromatic heterocycles. The molecular formula is C14H15NO4. The smallest absolute Gasteiger partial charge is 0.337 e. The third kappa shape index (κ3) is 1.85. The molecule has 5 heteroatoms. The Hall–Kier alpha value is -2.04.